The van der Waals surface area contributed by atoms with E-state index in [0.717, 1.165) is 23.5 Å². The third kappa shape index (κ3) is 5.82. The quantitative estimate of drug-likeness (QED) is 0.602. The van der Waals surface area contributed by atoms with Crippen molar-refractivity contribution >= 4 is 12.7 Å². The van der Waals surface area contributed by atoms with Gasteiger partial charge in [-0.2, -0.15) is 0 Å². The Morgan fingerprint density at radius 3 is 2.26 bits per heavy atom. The second-order valence-corrected chi connectivity index (χ2v) is 4.85. The highest BCUT2D eigenvalue weighted by Crippen LogP contribution is 2.16. The Hall–Kier alpha value is -2.82. The Balaban J connectivity index is 1.79. The lowest BCUT2D eigenvalue weighted by Gasteiger charge is -2.08. The van der Waals surface area contributed by atoms with Gasteiger partial charge < -0.3 is 15.2 Å². The monoisotopic (exact) mass is 311 g/mol. The van der Waals surface area contributed by atoms with E-state index < -0.39 is 0 Å². The van der Waals surface area contributed by atoms with Crippen molar-refractivity contribution in [2.24, 2.45) is 15.7 Å². The predicted molar refractivity (Wildman–Crippen MR) is 93.5 cm³/mol. The molecule has 23 heavy (non-hydrogen) atoms. The summed E-state index contributed by atoms with van der Waals surface area (Å²) in [6.45, 7) is 1.22. The third-order valence-electron chi connectivity index (χ3n) is 3.25. The van der Waals surface area contributed by atoms with E-state index in [1.165, 1.54) is 18.2 Å². The van der Waals surface area contributed by atoms with Crippen molar-refractivity contribution in [3.05, 3.63) is 59.7 Å². The van der Waals surface area contributed by atoms with E-state index >= 15 is 0 Å². The van der Waals surface area contributed by atoms with Crippen LogP contribution in [-0.4, -0.2) is 26.3 Å². The van der Waals surface area contributed by atoms with Crippen LogP contribution in [0.25, 0.3) is 0 Å². The predicted octanol–water partition coefficient (Wildman–Crippen LogP) is 2.83. The number of aliphatic imine (C=N–C) groups is 2. The van der Waals surface area contributed by atoms with E-state index in [1.54, 1.807) is 7.11 Å². The second kappa shape index (κ2) is 9.25. The number of nitrogens with zero attached hydrogens (tertiary/aromatic N) is 2. The molecule has 0 aliphatic heterocycles. The van der Waals surface area contributed by atoms with Crippen molar-refractivity contribution in [2.45, 2.75) is 13.0 Å². The molecular weight excluding hydrogens is 290 g/mol. The standard InChI is InChI=1S/C18H21N3O2/c1-22-17-6-4-16(5-7-17)12-23-18-8-2-15(3-9-18)10-11-20-14-21-13-19/h2-9,13-14H,10-12H2,1H3,(H2,19,20,21). The minimum Gasteiger partial charge on any atom is -0.497 e. The molecule has 0 bridgehead atoms. The van der Waals surface area contributed by atoms with E-state index in [-0.39, 0.29) is 0 Å². The zero-order valence-electron chi connectivity index (χ0n) is 13.2. The summed E-state index contributed by atoms with van der Waals surface area (Å²) in [4.78, 5) is 7.84. The summed E-state index contributed by atoms with van der Waals surface area (Å²) in [6.07, 6.45) is 3.54. The lowest BCUT2D eigenvalue weighted by Crippen LogP contribution is -1.96. The summed E-state index contributed by atoms with van der Waals surface area (Å²) in [7, 11) is 1.66. The fourth-order valence-corrected chi connectivity index (χ4v) is 1.98. The van der Waals surface area contributed by atoms with Crippen molar-refractivity contribution in [3.8, 4) is 11.5 Å². The Labute approximate surface area is 136 Å². The van der Waals surface area contributed by atoms with Crippen molar-refractivity contribution in [3.63, 3.8) is 0 Å². The second-order valence-electron chi connectivity index (χ2n) is 4.85. The van der Waals surface area contributed by atoms with Gasteiger partial charge in [-0.1, -0.05) is 24.3 Å². The Bertz CT molecular complexity index is 634. The normalized spacial score (nSPS) is 11.2. The first-order valence-corrected chi connectivity index (χ1v) is 7.38. The smallest absolute Gasteiger partial charge is 0.119 e. The molecule has 5 nitrogen and oxygen atoms in total. The van der Waals surface area contributed by atoms with Gasteiger partial charge in [-0.05, 0) is 41.8 Å². The maximum atomic E-state index is 5.77. The fourth-order valence-electron chi connectivity index (χ4n) is 1.98. The number of nitrogens with two attached hydrogens (primary N) is 1. The summed E-state index contributed by atoms with van der Waals surface area (Å²) < 4.78 is 10.9. The molecule has 0 amide bonds. The SMILES string of the molecule is COc1ccc(COc2ccc(CCN=CN=CN)cc2)cc1. The van der Waals surface area contributed by atoms with Gasteiger partial charge in [-0.3, -0.25) is 4.99 Å². The highest BCUT2D eigenvalue weighted by molar-refractivity contribution is 5.69. The summed E-state index contributed by atoms with van der Waals surface area (Å²) >= 11 is 0. The number of ether oxygens (including phenoxy) is 2. The Morgan fingerprint density at radius 2 is 1.61 bits per heavy atom. The molecule has 0 aliphatic rings. The van der Waals surface area contributed by atoms with Gasteiger partial charge in [-0.15, -0.1) is 0 Å². The first-order valence-electron chi connectivity index (χ1n) is 7.38. The number of rotatable bonds is 8. The summed E-state index contributed by atoms with van der Waals surface area (Å²) in [5, 5.41) is 0. The zero-order valence-corrected chi connectivity index (χ0v) is 13.2. The molecule has 0 atom stereocenters. The van der Waals surface area contributed by atoms with Crippen LogP contribution in [0.15, 0.2) is 58.5 Å². The molecule has 120 valence electrons. The number of hydrogen-bond donors (Lipinski definition) is 1. The molecule has 0 fully saturated rings. The van der Waals surface area contributed by atoms with Crippen LogP contribution in [0.5, 0.6) is 11.5 Å². The summed E-state index contributed by atoms with van der Waals surface area (Å²) in [6, 6.07) is 15.9. The topological polar surface area (TPSA) is 69.2 Å². The molecule has 0 saturated heterocycles. The minimum atomic E-state index is 0.532. The molecule has 0 aromatic heterocycles. The Morgan fingerprint density at radius 1 is 0.957 bits per heavy atom. The Kier molecular flexibility index (Phi) is 6.65. The van der Waals surface area contributed by atoms with Crippen LogP contribution in [0, 0.1) is 0 Å². The molecule has 5 heteroatoms. The molecular formula is C18H21N3O2. The van der Waals surface area contributed by atoms with Crippen LogP contribution in [0.3, 0.4) is 0 Å². The minimum absolute atomic E-state index is 0.532. The average Bonchev–Trinajstić information content (AvgIpc) is 2.61. The van der Waals surface area contributed by atoms with Crippen molar-refractivity contribution < 1.29 is 9.47 Å². The molecule has 2 aromatic rings. The molecule has 0 heterocycles. The number of hydrogen-bond acceptors (Lipinski definition) is 3. The van der Waals surface area contributed by atoms with Gasteiger partial charge in [0.15, 0.2) is 0 Å². The molecule has 2 rings (SSSR count). The van der Waals surface area contributed by atoms with Crippen LogP contribution >= 0.6 is 0 Å². The van der Waals surface area contributed by atoms with Gasteiger partial charge in [0.25, 0.3) is 0 Å². The molecule has 0 aliphatic carbocycles. The van der Waals surface area contributed by atoms with Gasteiger partial charge in [0.1, 0.15) is 24.4 Å². The fraction of sp³-hybridized carbons (Fsp3) is 0.222. The van der Waals surface area contributed by atoms with Crippen LogP contribution < -0.4 is 15.2 Å². The third-order valence-corrected chi connectivity index (χ3v) is 3.25. The van der Waals surface area contributed by atoms with Gasteiger partial charge in [-0.25, -0.2) is 4.99 Å². The van der Waals surface area contributed by atoms with Gasteiger partial charge in [0, 0.05) is 6.54 Å². The van der Waals surface area contributed by atoms with E-state index in [0.29, 0.717) is 13.2 Å². The first-order chi connectivity index (χ1) is 11.3. The summed E-state index contributed by atoms with van der Waals surface area (Å²) in [5.74, 6) is 1.69. The average molecular weight is 311 g/mol. The molecule has 0 unspecified atom stereocenters. The van der Waals surface area contributed by atoms with Gasteiger partial charge in [0.05, 0.1) is 13.4 Å². The summed E-state index contributed by atoms with van der Waals surface area (Å²) in [5.41, 5.74) is 7.43. The number of methoxy groups -OCH3 is 1. The molecule has 0 spiro atoms. The first kappa shape index (κ1) is 16.5. The van der Waals surface area contributed by atoms with Crippen LogP contribution in [-0.2, 0) is 13.0 Å². The zero-order chi connectivity index (χ0) is 16.3. The maximum Gasteiger partial charge on any atom is 0.119 e. The van der Waals surface area contributed by atoms with Crippen LogP contribution in [0.2, 0.25) is 0 Å². The van der Waals surface area contributed by atoms with Crippen molar-refractivity contribution in [2.75, 3.05) is 13.7 Å². The van der Waals surface area contributed by atoms with E-state index in [9.17, 15) is 0 Å². The van der Waals surface area contributed by atoms with Crippen molar-refractivity contribution in [1.82, 2.24) is 0 Å². The molecule has 0 radical (unpaired) electrons. The molecule has 2 aromatic carbocycles. The largest absolute Gasteiger partial charge is 0.497 e. The van der Waals surface area contributed by atoms with Gasteiger partial charge >= 0.3 is 0 Å². The highest BCUT2D eigenvalue weighted by atomic mass is 16.5. The van der Waals surface area contributed by atoms with E-state index in [4.69, 9.17) is 15.2 Å². The van der Waals surface area contributed by atoms with Crippen LogP contribution in [0.4, 0.5) is 0 Å². The van der Waals surface area contributed by atoms with E-state index in [2.05, 4.69) is 9.98 Å². The lowest BCUT2D eigenvalue weighted by molar-refractivity contribution is 0.306. The number of benzene rings is 2. The van der Waals surface area contributed by atoms with Crippen LogP contribution in [0.1, 0.15) is 11.1 Å². The van der Waals surface area contributed by atoms with E-state index in [1.807, 2.05) is 48.5 Å². The van der Waals surface area contributed by atoms with Crippen molar-refractivity contribution in [1.29, 1.82) is 0 Å². The lowest BCUT2D eigenvalue weighted by atomic mass is 10.1. The highest BCUT2D eigenvalue weighted by Gasteiger charge is 1.98. The molecule has 0 saturated carbocycles. The van der Waals surface area contributed by atoms with Gasteiger partial charge in [0.2, 0.25) is 0 Å². The maximum absolute atomic E-state index is 5.77. The molecule has 2 N–H and O–H groups in total.